The number of nitrogens with zero attached hydrogens (tertiary/aromatic N) is 2. The van der Waals surface area contributed by atoms with Gasteiger partial charge in [0.25, 0.3) is 0 Å². The van der Waals surface area contributed by atoms with Crippen molar-refractivity contribution in [3.05, 3.63) is 23.8 Å². The van der Waals surface area contributed by atoms with Crippen LogP contribution >= 0.6 is 11.3 Å². The Morgan fingerprint density at radius 3 is 2.96 bits per heavy atom. The van der Waals surface area contributed by atoms with E-state index in [1.54, 1.807) is 7.11 Å². The maximum absolute atomic E-state index is 12.4. The Morgan fingerprint density at radius 2 is 2.23 bits per heavy atom. The summed E-state index contributed by atoms with van der Waals surface area (Å²) in [6.45, 7) is 1.20. The van der Waals surface area contributed by atoms with E-state index in [4.69, 9.17) is 4.74 Å². The van der Waals surface area contributed by atoms with Gasteiger partial charge in [-0.2, -0.15) is 0 Å². The summed E-state index contributed by atoms with van der Waals surface area (Å²) in [6, 6.07) is 5.43. The summed E-state index contributed by atoms with van der Waals surface area (Å²) in [5.74, 6) is 0.0385. The minimum atomic E-state index is -0.436. The van der Waals surface area contributed by atoms with E-state index in [0.717, 1.165) is 35.2 Å². The van der Waals surface area contributed by atoms with Crippen molar-refractivity contribution in [2.75, 3.05) is 19.0 Å². The van der Waals surface area contributed by atoms with Crippen molar-refractivity contribution in [2.24, 2.45) is 0 Å². The van der Waals surface area contributed by atoms with Crippen molar-refractivity contribution in [3.8, 4) is 0 Å². The highest BCUT2D eigenvalue weighted by molar-refractivity contribution is 7.22. The third-order valence-electron chi connectivity index (χ3n) is 5.08. The molecule has 1 aliphatic carbocycles. The second-order valence-electron chi connectivity index (χ2n) is 6.77. The van der Waals surface area contributed by atoms with Gasteiger partial charge in [0.05, 0.1) is 16.8 Å². The van der Waals surface area contributed by atoms with Crippen LogP contribution in [0.25, 0.3) is 10.2 Å². The molecular weight excluding hydrogens is 352 g/mol. The van der Waals surface area contributed by atoms with Crippen LogP contribution in [0.3, 0.4) is 0 Å². The summed E-state index contributed by atoms with van der Waals surface area (Å²) in [5.41, 5.74) is 1.82. The van der Waals surface area contributed by atoms with Crippen molar-refractivity contribution in [3.63, 3.8) is 0 Å². The lowest BCUT2D eigenvalue weighted by Crippen LogP contribution is -2.47. The predicted molar refractivity (Wildman–Crippen MR) is 100 cm³/mol. The van der Waals surface area contributed by atoms with Crippen LogP contribution in [0, 0.1) is 0 Å². The van der Waals surface area contributed by atoms with Gasteiger partial charge in [-0.3, -0.25) is 10.1 Å². The monoisotopic (exact) mass is 374 g/mol. The lowest BCUT2D eigenvalue weighted by atomic mass is 9.92. The molecule has 0 spiro atoms. The first-order valence-electron chi connectivity index (χ1n) is 8.91. The molecule has 1 saturated heterocycles. The van der Waals surface area contributed by atoms with Crippen LogP contribution in [0.4, 0.5) is 9.93 Å². The second kappa shape index (κ2) is 7.20. The first-order valence-corrected chi connectivity index (χ1v) is 9.72. The summed E-state index contributed by atoms with van der Waals surface area (Å²) < 4.78 is 6.18. The van der Waals surface area contributed by atoms with Gasteiger partial charge in [-0.25, -0.2) is 9.78 Å². The number of urea groups is 1. The van der Waals surface area contributed by atoms with Crippen molar-refractivity contribution in [1.82, 2.24) is 15.2 Å². The number of para-hydroxylation sites is 1. The number of methoxy groups -OCH3 is 1. The van der Waals surface area contributed by atoms with Gasteiger partial charge in [0.2, 0.25) is 5.91 Å². The highest BCUT2D eigenvalue weighted by Gasteiger charge is 2.38. The molecule has 0 radical (unpaired) electrons. The molecule has 138 valence electrons. The second-order valence-corrected chi connectivity index (χ2v) is 7.80. The smallest absolute Gasteiger partial charge is 0.321 e. The molecule has 1 aromatic carbocycles. The van der Waals surface area contributed by atoms with E-state index >= 15 is 0 Å². The molecule has 7 nitrogen and oxygen atoms in total. The fraction of sp³-hybridized carbons (Fsp3) is 0.500. The molecule has 1 aliphatic heterocycles. The normalized spacial score (nSPS) is 20.4. The highest BCUT2D eigenvalue weighted by Crippen LogP contribution is 2.30. The molecule has 2 aliphatic rings. The molecule has 4 rings (SSSR count). The van der Waals surface area contributed by atoms with Crippen LogP contribution in [0.2, 0.25) is 0 Å². The number of amides is 3. The van der Waals surface area contributed by atoms with Gasteiger partial charge < -0.3 is 15.0 Å². The van der Waals surface area contributed by atoms with Gasteiger partial charge in [-0.15, -0.1) is 0 Å². The van der Waals surface area contributed by atoms with Gasteiger partial charge >= 0.3 is 6.03 Å². The van der Waals surface area contributed by atoms with E-state index in [1.165, 1.54) is 17.8 Å². The summed E-state index contributed by atoms with van der Waals surface area (Å²) >= 11 is 1.41. The van der Waals surface area contributed by atoms with Crippen molar-refractivity contribution in [2.45, 2.75) is 44.4 Å². The number of carbonyl (C=O) groups is 2. The Bertz CT molecular complexity index is 833. The number of nitrogens with one attached hydrogen (secondary N) is 2. The maximum atomic E-state index is 12.4. The zero-order valence-electron chi connectivity index (χ0n) is 14.7. The number of benzene rings is 1. The Balaban J connectivity index is 1.40. The Hall–Kier alpha value is -2.19. The number of hydrogen-bond acceptors (Lipinski definition) is 5. The number of thiazole rings is 1. The molecule has 26 heavy (non-hydrogen) atoms. The summed E-state index contributed by atoms with van der Waals surface area (Å²) in [6.07, 6.45) is 4.02. The molecule has 1 saturated carbocycles. The van der Waals surface area contributed by atoms with Crippen molar-refractivity contribution in [1.29, 1.82) is 0 Å². The van der Waals surface area contributed by atoms with E-state index in [9.17, 15) is 9.59 Å². The number of fused-ring (bicyclic) bond motifs is 1. The number of anilines is 1. The molecule has 2 fully saturated rings. The number of hydrogen-bond donors (Lipinski definition) is 2. The lowest BCUT2D eigenvalue weighted by Gasteiger charge is -2.34. The number of aromatic nitrogens is 1. The molecule has 1 aromatic heterocycles. The van der Waals surface area contributed by atoms with Crippen LogP contribution in [0.5, 0.6) is 0 Å². The molecule has 0 bridgehead atoms. The Morgan fingerprint density at radius 1 is 1.38 bits per heavy atom. The van der Waals surface area contributed by atoms with Gasteiger partial charge in [-0.1, -0.05) is 23.5 Å². The quantitative estimate of drug-likeness (QED) is 0.843. The number of likely N-dealkylation sites (tertiary alicyclic amines) is 1. The van der Waals surface area contributed by atoms with Gasteiger partial charge in [0.1, 0.15) is 6.04 Å². The summed E-state index contributed by atoms with van der Waals surface area (Å²) in [4.78, 5) is 31.2. The Labute approximate surface area is 155 Å². The van der Waals surface area contributed by atoms with Gasteiger partial charge in [-0.05, 0) is 31.7 Å². The molecule has 1 atom stereocenters. The van der Waals surface area contributed by atoms with Crippen LogP contribution in [-0.2, 0) is 16.1 Å². The minimum absolute atomic E-state index is 0.0385. The first-order chi connectivity index (χ1) is 12.7. The van der Waals surface area contributed by atoms with E-state index in [-0.39, 0.29) is 11.9 Å². The van der Waals surface area contributed by atoms with Crippen molar-refractivity contribution >= 4 is 38.6 Å². The fourth-order valence-electron chi connectivity index (χ4n) is 3.52. The summed E-state index contributed by atoms with van der Waals surface area (Å²) in [7, 11) is 1.64. The van der Waals surface area contributed by atoms with Crippen molar-refractivity contribution < 1.29 is 14.3 Å². The molecule has 2 aromatic rings. The van der Waals surface area contributed by atoms with Crippen LogP contribution < -0.4 is 10.6 Å². The maximum Gasteiger partial charge on any atom is 0.321 e. The highest BCUT2D eigenvalue weighted by atomic mass is 32.1. The first kappa shape index (κ1) is 17.2. The fourth-order valence-corrected chi connectivity index (χ4v) is 4.43. The van der Waals surface area contributed by atoms with Crippen LogP contribution in [0.1, 0.15) is 31.2 Å². The molecule has 2 N–H and O–H groups in total. The standard InChI is InChI=1S/C18H22N4O3S/c1-25-10-11-4-2-7-14-15(11)20-18(26-14)21-17(24)19-13-8-9-22(16(13)23)12-5-3-6-12/h2,4,7,12-13H,3,5-6,8-10H2,1H3,(H2,19,20,21,24). The van der Waals surface area contributed by atoms with E-state index in [0.29, 0.717) is 24.2 Å². The molecule has 3 amide bonds. The topological polar surface area (TPSA) is 83.6 Å². The third kappa shape index (κ3) is 3.26. The predicted octanol–water partition coefficient (Wildman–Crippen LogP) is 2.72. The average Bonchev–Trinajstić information content (AvgIpc) is 3.12. The number of ether oxygens (including phenoxy) is 1. The van der Waals surface area contributed by atoms with Gasteiger partial charge in [0, 0.05) is 25.3 Å². The Kier molecular flexibility index (Phi) is 4.78. The van der Waals surface area contributed by atoms with E-state index in [2.05, 4.69) is 15.6 Å². The summed E-state index contributed by atoms with van der Waals surface area (Å²) in [5, 5.41) is 6.08. The minimum Gasteiger partial charge on any atom is -0.380 e. The van der Waals surface area contributed by atoms with E-state index < -0.39 is 6.04 Å². The van der Waals surface area contributed by atoms with Crippen LogP contribution in [-0.4, -0.2) is 47.6 Å². The zero-order chi connectivity index (χ0) is 18.1. The molecule has 8 heteroatoms. The van der Waals surface area contributed by atoms with Crippen LogP contribution in [0.15, 0.2) is 18.2 Å². The molecule has 2 heterocycles. The average molecular weight is 374 g/mol. The SMILES string of the molecule is COCc1cccc2sc(NC(=O)NC3CCN(C4CCC4)C3=O)nc12. The molecule has 1 unspecified atom stereocenters. The van der Waals surface area contributed by atoms with Gasteiger partial charge in [0.15, 0.2) is 5.13 Å². The molecular formula is C18H22N4O3S. The largest absolute Gasteiger partial charge is 0.380 e. The number of rotatable bonds is 5. The zero-order valence-corrected chi connectivity index (χ0v) is 15.5. The number of carbonyl (C=O) groups excluding carboxylic acids is 2. The lowest BCUT2D eigenvalue weighted by molar-refractivity contribution is -0.132. The van der Waals surface area contributed by atoms with E-state index in [1.807, 2.05) is 23.1 Å². The third-order valence-corrected chi connectivity index (χ3v) is 6.02.